The first kappa shape index (κ1) is 16.5. The summed E-state index contributed by atoms with van der Waals surface area (Å²) in [7, 11) is 0. The van der Waals surface area contributed by atoms with Crippen LogP contribution >= 0.6 is 0 Å². The summed E-state index contributed by atoms with van der Waals surface area (Å²) in [6.45, 7) is 1.65. The van der Waals surface area contributed by atoms with Crippen LogP contribution in [0.3, 0.4) is 0 Å². The van der Waals surface area contributed by atoms with Crippen LogP contribution in [0.1, 0.15) is 5.69 Å². The van der Waals surface area contributed by atoms with Gasteiger partial charge in [-0.1, -0.05) is 18.2 Å². The van der Waals surface area contributed by atoms with Gasteiger partial charge in [-0.25, -0.2) is 4.68 Å². The number of azo groups is 1. The van der Waals surface area contributed by atoms with E-state index < -0.39 is 10.5 Å². The van der Waals surface area contributed by atoms with Gasteiger partial charge in [-0.05, 0) is 19.1 Å². The maximum Gasteiger partial charge on any atom is 0.300 e. The third kappa shape index (κ3) is 2.92. The maximum absolute atomic E-state index is 12.6. The van der Waals surface area contributed by atoms with Crippen molar-refractivity contribution in [2.24, 2.45) is 10.2 Å². The van der Waals surface area contributed by atoms with Gasteiger partial charge in [0.05, 0.1) is 22.4 Å². The lowest BCUT2D eigenvalue weighted by molar-refractivity contribution is -0.384. The molecule has 10 heteroatoms. The summed E-state index contributed by atoms with van der Waals surface area (Å²) in [6, 6.07) is 11.6. The van der Waals surface area contributed by atoms with E-state index >= 15 is 0 Å². The largest absolute Gasteiger partial charge is 0.454 e. The molecule has 10 nitrogen and oxygen atoms in total. The van der Waals surface area contributed by atoms with Crippen molar-refractivity contribution in [2.75, 3.05) is 6.79 Å². The van der Waals surface area contributed by atoms with E-state index in [9.17, 15) is 14.9 Å². The van der Waals surface area contributed by atoms with Crippen LogP contribution in [-0.4, -0.2) is 21.5 Å². The quantitative estimate of drug-likeness (QED) is 0.429. The molecule has 1 aliphatic heterocycles. The summed E-state index contributed by atoms with van der Waals surface area (Å²) in [6.07, 6.45) is 0. The number of rotatable bonds is 4. The predicted molar refractivity (Wildman–Crippen MR) is 94.5 cm³/mol. The van der Waals surface area contributed by atoms with Crippen LogP contribution < -0.4 is 15.0 Å². The van der Waals surface area contributed by atoms with E-state index in [0.717, 1.165) is 0 Å². The van der Waals surface area contributed by atoms with Crippen molar-refractivity contribution in [3.8, 4) is 17.2 Å². The molecule has 0 bridgehead atoms. The van der Waals surface area contributed by atoms with Crippen molar-refractivity contribution in [3.63, 3.8) is 0 Å². The van der Waals surface area contributed by atoms with Gasteiger partial charge in [-0.15, -0.1) is 10.2 Å². The number of aryl methyl sites for hydroxylation is 1. The molecule has 0 amide bonds. The van der Waals surface area contributed by atoms with Crippen LogP contribution in [0.4, 0.5) is 17.1 Å². The average Bonchev–Trinajstić information content (AvgIpc) is 3.23. The smallest absolute Gasteiger partial charge is 0.300 e. The van der Waals surface area contributed by atoms with Crippen LogP contribution in [0.25, 0.3) is 5.69 Å². The topological polar surface area (TPSA) is 124 Å². The Morgan fingerprint density at radius 1 is 1.15 bits per heavy atom. The fourth-order valence-electron chi connectivity index (χ4n) is 2.67. The summed E-state index contributed by atoms with van der Waals surface area (Å²) in [5.41, 5.74) is 0.448. The third-order valence-electron chi connectivity index (χ3n) is 3.98. The Morgan fingerprint density at radius 2 is 1.85 bits per heavy atom. The van der Waals surface area contributed by atoms with Crippen LogP contribution in [0.5, 0.6) is 11.5 Å². The lowest BCUT2D eigenvalue weighted by Gasteiger charge is -1.99. The van der Waals surface area contributed by atoms with E-state index in [-0.39, 0.29) is 29.6 Å². The summed E-state index contributed by atoms with van der Waals surface area (Å²) >= 11 is 0. The molecule has 4 rings (SSSR count). The molecule has 27 heavy (non-hydrogen) atoms. The van der Waals surface area contributed by atoms with Gasteiger partial charge < -0.3 is 9.47 Å². The Labute approximate surface area is 151 Å². The Morgan fingerprint density at radius 3 is 2.56 bits per heavy atom. The zero-order chi connectivity index (χ0) is 19.0. The molecule has 1 N–H and O–H groups in total. The van der Waals surface area contributed by atoms with Crippen LogP contribution in [0.15, 0.2) is 57.5 Å². The molecular weight excluding hydrogens is 354 g/mol. The number of hydrogen-bond donors (Lipinski definition) is 1. The minimum absolute atomic E-state index is 0.0220. The average molecular weight is 367 g/mol. The molecule has 0 saturated heterocycles. The SMILES string of the molecule is Cc1[nH]n(-c2ccccc2)c(=O)c1N=Nc1cc2c(cc1[N+](=O)[O-])OCO2. The van der Waals surface area contributed by atoms with Gasteiger partial charge in [0.15, 0.2) is 22.9 Å². The summed E-state index contributed by atoms with van der Waals surface area (Å²) < 4.78 is 11.7. The van der Waals surface area contributed by atoms with Crippen molar-refractivity contribution in [1.82, 2.24) is 9.78 Å². The number of fused-ring (bicyclic) bond motifs is 1. The summed E-state index contributed by atoms with van der Waals surface area (Å²) in [4.78, 5) is 23.3. The normalized spacial score (nSPS) is 12.6. The van der Waals surface area contributed by atoms with Gasteiger partial charge in [0.2, 0.25) is 6.79 Å². The monoisotopic (exact) mass is 367 g/mol. The number of benzene rings is 2. The number of ether oxygens (including phenoxy) is 2. The van der Waals surface area contributed by atoms with Gasteiger partial charge in [-0.3, -0.25) is 20.0 Å². The second-order valence-corrected chi connectivity index (χ2v) is 5.71. The Kier molecular flexibility index (Phi) is 3.92. The number of nitro benzene ring substituents is 1. The molecule has 0 unspecified atom stereocenters. The second-order valence-electron chi connectivity index (χ2n) is 5.71. The summed E-state index contributed by atoms with van der Waals surface area (Å²) in [5, 5.41) is 22.1. The molecule has 1 aromatic heterocycles. The Balaban J connectivity index is 1.75. The number of aromatic amines is 1. The second kappa shape index (κ2) is 6.41. The van der Waals surface area contributed by atoms with Gasteiger partial charge in [-0.2, -0.15) is 0 Å². The predicted octanol–water partition coefficient (Wildman–Crippen LogP) is 3.53. The molecular formula is C17H13N5O5. The van der Waals surface area contributed by atoms with Gasteiger partial charge >= 0.3 is 5.69 Å². The van der Waals surface area contributed by atoms with Gasteiger partial charge in [0.1, 0.15) is 0 Å². The summed E-state index contributed by atoms with van der Waals surface area (Å²) in [5.74, 6) is 0.604. The van der Waals surface area contributed by atoms with Gasteiger partial charge in [0.25, 0.3) is 5.56 Å². The first-order valence-electron chi connectivity index (χ1n) is 7.91. The fourth-order valence-corrected chi connectivity index (χ4v) is 2.67. The number of nitrogens with one attached hydrogen (secondary N) is 1. The van der Waals surface area contributed by atoms with Crippen molar-refractivity contribution >= 4 is 17.1 Å². The van der Waals surface area contributed by atoms with Crippen molar-refractivity contribution in [1.29, 1.82) is 0 Å². The first-order valence-corrected chi connectivity index (χ1v) is 7.91. The molecule has 0 saturated carbocycles. The van der Waals surface area contributed by atoms with E-state index in [1.165, 1.54) is 16.8 Å². The third-order valence-corrected chi connectivity index (χ3v) is 3.98. The zero-order valence-electron chi connectivity index (χ0n) is 14.1. The molecule has 0 fully saturated rings. The molecule has 2 aromatic carbocycles. The van der Waals surface area contributed by atoms with Crippen molar-refractivity contribution in [2.45, 2.75) is 6.92 Å². The van der Waals surface area contributed by atoms with Crippen LogP contribution in [-0.2, 0) is 0 Å². The molecule has 0 spiro atoms. The molecule has 3 aromatic rings. The zero-order valence-corrected chi connectivity index (χ0v) is 14.1. The Bertz CT molecular complexity index is 1120. The number of para-hydroxylation sites is 1. The van der Waals surface area contributed by atoms with E-state index in [1.807, 2.05) is 6.07 Å². The maximum atomic E-state index is 12.6. The molecule has 136 valence electrons. The van der Waals surface area contributed by atoms with Crippen LogP contribution in [0, 0.1) is 17.0 Å². The van der Waals surface area contributed by atoms with E-state index in [1.54, 1.807) is 31.2 Å². The van der Waals surface area contributed by atoms with E-state index in [2.05, 4.69) is 15.3 Å². The Hall–Kier alpha value is -3.95. The van der Waals surface area contributed by atoms with Crippen molar-refractivity contribution in [3.05, 3.63) is 68.6 Å². The molecule has 1 aliphatic rings. The molecule has 0 radical (unpaired) electrons. The minimum Gasteiger partial charge on any atom is -0.454 e. The number of aromatic nitrogens is 2. The van der Waals surface area contributed by atoms with Crippen molar-refractivity contribution < 1.29 is 14.4 Å². The highest BCUT2D eigenvalue weighted by Crippen LogP contribution is 2.42. The van der Waals surface area contributed by atoms with Crippen LogP contribution in [0.2, 0.25) is 0 Å². The highest BCUT2D eigenvalue weighted by atomic mass is 16.7. The van der Waals surface area contributed by atoms with E-state index in [0.29, 0.717) is 17.1 Å². The molecule has 0 atom stereocenters. The first-order chi connectivity index (χ1) is 13.0. The number of nitro groups is 1. The minimum atomic E-state index is -0.595. The van der Waals surface area contributed by atoms with Gasteiger partial charge in [0, 0.05) is 6.07 Å². The molecule has 2 heterocycles. The lowest BCUT2D eigenvalue weighted by Crippen LogP contribution is -2.13. The highest BCUT2D eigenvalue weighted by molar-refractivity contribution is 5.66. The number of hydrogen-bond acceptors (Lipinski definition) is 7. The molecule has 0 aliphatic carbocycles. The lowest BCUT2D eigenvalue weighted by atomic mass is 10.2. The highest BCUT2D eigenvalue weighted by Gasteiger charge is 2.24. The van der Waals surface area contributed by atoms with E-state index in [4.69, 9.17) is 9.47 Å². The standard InChI is InChI=1S/C17H13N5O5/c1-10-16(17(23)21(20-10)11-5-3-2-4-6-11)19-18-12-7-14-15(27-9-26-14)8-13(12)22(24)25/h2-8,20H,9H2,1H3. The number of H-pyrrole nitrogens is 1. The number of nitrogens with zero attached hydrogens (tertiary/aromatic N) is 4. The fraction of sp³-hybridized carbons (Fsp3) is 0.118.